The first-order valence-corrected chi connectivity index (χ1v) is 8.34. The van der Waals surface area contributed by atoms with E-state index in [0.29, 0.717) is 5.69 Å². The average molecular weight is 346 g/mol. The standard InChI is InChI=1S/C21H22N4O/c1-24(2)18-14-10-17(11-15-18)23-21(26)25(19-6-4-3-5-7-19)20-12-8-16(22)9-13-20/h3-15H,22H2,1-2H3,(H,23,26). The predicted octanol–water partition coefficient (Wildman–Crippen LogP) is 4.71. The largest absolute Gasteiger partial charge is 0.399 e. The van der Waals surface area contributed by atoms with E-state index < -0.39 is 0 Å². The van der Waals surface area contributed by atoms with Gasteiger partial charge in [0.1, 0.15) is 0 Å². The van der Waals surface area contributed by atoms with Crippen molar-refractivity contribution in [3.05, 3.63) is 78.9 Å². The lowest BCUT2D eigenvalue weighted by atomic mass is 10.2. The van der Waals surface area contributed by atoms with Crippen LogP contribution in [0.1, 0.15) is 0 Å². The van der Waals surface area contributed by atoms with E-state index in [1.54, 1.807) is 17.0 Å². The van der Waals surface area contributed by atoms with Crippen molar-refractivity contribution in [1.29, 1.82) is 0 Å². The fourth-order valence-electron chi connectivity index (χ4n) is 2.61. The van der Waals surface area contributed by atoms with Gasteiger partial charge in [0.15, 0.2) is 0 Å². The Hall–Kier alpha value is -3.47. The Bertz CT molecular complexity index is 859. The van der Waals surface area contributed by atoms with Crippen molar-refractivity contribution < 1.29 is 4.79 Å². The van der Waals surface area contributed by atoms with Gasteiger partial charge in [-0.05, 0) is 60.7 Å². The highest BCUT2D eigenvalue weighted by Gasteiger charge is 2.18. The van der Waals surface area contributed by atoms with Crippen LogP contribution in [0, 0.1) is 0 Å². The van der Waals surface area contributed by atoms with Crippen LogP contribution in [-0.4, -0.2) is 20.1 Å². The number of hydrogen-bond donors (Lipinski definition) is 2. The highest BCUT2D eigenvalue weighted by molar-refractivity contribution is 6.07. The second kappa shape index (κ2) is 7.61. The van der Waals surface area contributed by atoms with Crippen LogP contribution < -0.4 is 20.9 Å². The molecular weight excluding hydrogens is 324 g/mol. The van der Waals surface area contributed by atoms with Gasteiger partial charge in [0.2, 0.25) is 0 Å². The number of amides is 2. The third-order valence-electron chi connectivity index (χ3n) is 4.00. The van der Waals surface area contributed by atoms with Gasteiger partial charge in [-0.3, -0.25) is 4.90 Å². The van der Waals surface area contributed by atoms with Crippen LogP contribution in [0.5, 0.6) is 0 Å². The molecule has 3 aromatic rings. The van der Waals surface area contributed by atoms with Gasteiger partial charge in [0, 0.05) is 31.2 Å². The summed E-state index contributed by atoms with van der Waals surface area (Å²) in [7, 11) is 3.96. The Labute approximate surface area is 153 Å². The molecule has 0 bridgehead atoms. The first-order valence-electron chi connectivity index (χ1n) is 8.34. The molecule has 0 aliphatic carbocycles. The van der Waals surface area contributed by atoms with E-state index in [1.807, 2.05) is 85.7 Å². The molecule has 5 nitrogen and oxygen atoms in total. The normalized spacial score (nSPS) is 10.2. The van der Waals surface area contributed by atoms with Crippen molar-refractivity contribution in [2.24, 2.45) is 0 Å². The molecule has 26 heavy (non-hydrogen) atoms. The molecule has 0 atom stereocenters. The van der Waals surface area contributed by atoms with E-state index in [-0.39, 0.29) is 6.03 Å². The van der Waals surface area contributed by atoms with Gasteiger partial charge in [-0.15, -0.1) is 0 Å². The van der Waals surface area contributed by atoms with Crippen LogP contribution in [0.25, 0.3) is 0 Å². The SMILES string of the molecule is CN(C)c1ccc(NC(=O)N(c2ccccc2)c2ccc(N)cc2)cc1. The molecule has 0 unspecified atom stereocenters. The number of nitrogen functional groups attached to an aromatic ring is 1. The summed E-state index contributed by atoms with van der Waals surface area (Å²) in [4.78, 5) is 16.6. The molecule has 0 saturated carbocycles. The molecule has 0 spiro atoms. The molecular formula is C21H22N4O. The van der Waals surface area contributed by atoms with Crippen molar-refractivity contribution in [3.8, 4) is 0 Å². The van der Waals surface area contributed by atoms with E-state index in [0.717, 1.165) is 22.7 Å². The lowest BCUT2D eigenvalue weighted by molar-refractivity contribution is 0.259. The fraction of sp³-hybridized carbons (Fsp3) is 0.0952. The molecule has 3 rings (SSSR count). The van der Waals surface area contributed by atoms with Crippen molar-refractivity contribution in [2.75, 3.05) is 34.9 Å². The number of nitrogens with two attached hydrogens (primary N) is 1. The molecule has 0 fully saturated rings. The number of rotatable bonds is 4. The van der Waals surface area contributed by atoms with Gasteiger partial charge in [0.25, 0.3) is 0 Å². The monoisotopic (exact) mass is 346 g/mol. The van der Waals surface area contributed by atoms with Gasteiger partial charge in [-0.1, -0.05) is 18.2 Å². The molecule has 0 aliphatic rings. The number of anilines is 5. The zero-order chi connectivity index (χ0) is 18.5. The molecule has 0 aliphatic heterocycles. The minimum absolute atomic E-state index is 0.237. The van der Waals surface area contributed by atoms with E-state index in [9.17, 15) is 4.79 Å². The van der Waals surface area contributed by atoms with Gasteiger partial charge in [-0.25, -0.2) is 4.79 Å². The van der Waals surface area contributed by atoms with Crippen LogP contribution in [0.2, 0.25) is 0 Å². The third-order valence-corrected chi connectivity index (χ3v) is 4.00. The molecule has 0 aromatic heterocycles. The summed E-state index contributed by atoms with van der Waals surface area (Å²) in [6.07, 6.45) is 0. The molecule has 132 valence electrons. The second-order valence-electron chi connectivity index (χ2n) is 6.13. The highest BCUT2D eigenvalue weighted by Crippen LogP contribution is 2.27. The van der Waals surface area contributed by atoms with Gasteiger partial charge in [0.05, 0.1) is 11.4 Å². The number of carbonyl (C=O) groups excluding carboxylic acids is 1. The number of benzene rings is 3. The summed E-state index contributed by atoms with van der Waals surface area (Å²) in [5, 5.41) is 2.96. The summed E-state index contributed by atoms with van der Waals surface area (Å²) in [5.74, 6) is 0. The molecule has 0 saturated heterocycles. The van der Waals surface area contributed by atoms with E-state index >= 15 is 0 Å². The fourth-order valence-corrected chi connectivity index (χ4v) is 2.61. The van der Waals surface area contributed by atoms with Gasteiger partial charge < -0.3 is 16.0 Å². The summed E-state index contributed by atoms with van der Waals surface area (Å²) in [6, 6.07) is 24.2. The first-order chi connectivity index (χ1) is 12.5. The minimum Gasteiger partial charge on any atom is -0.399 e. The molecule has 3 N–H and O–H groups in total. The number of hydrogen-bond acceptors (Lipinski definition) is 3. The zero-order valence-corrected chi connectivity index (χ0v) is 14.9. The molecule has 3 aromatic carbocycles. The van der Waals surface area contributed by atoms with Gasteiger partial charge in [-0.2, -0.15) is 0 Å². The van der Waals surface area contributed by atoms with Crippen molar-refractivity contribution in [2.45, 2.75) is 0 Å². The number of nitrogens with one attached hydrogen (secondary N) is 1. The Kier molecular flexibility index (Phi) is 5.08. The lowest BCUT2D eigenvalue weighted by Crippen LogP contribution is -2.30. The minimum atomic E-state index is -0.237. The van der Waals surface area contributed by atoms with Crippen LogP contribution in [0.4, 0.5) is 33.2 Å². The van der Waals surface area contributed by atoms with Crippen LogP contribution in [0.15, 0.2) is 78.9 Å². The molecule has 5 heteroatoms. The lowest BCUT2D eigenvalue weighted by Gasteiger charge is -2.23. The molecule has 2 amide bonds. The average Bonchev–Trinajstić information content (AvgIpc) is 2.65. The Balaban J connectivity index is 1.88. The smallest absolute Gasteiger partial charge is 0.330 e. The summed E-state index contributed by atoms with van der Waals surface area (Å²) in [6.45, 7) is 0. The maximum absolute atomic E-state index is 13.0. The third kappa shape index (κ3) is 3.95. The number of nitrogens with zero attached hydrogens (tertiary/aromatic N) is 2. The topological polar surface area (TPSA) is 61.6 Å². The quantitative estimate of drug-likeness (QED) is 0.673. The number of carbonyl (C=O) groups is 1. The summed E-state index contributed by atoms with van der Waals surface area (Å²) < 4.78 is 0. The number of urea groups is 1. The summed E-state index contributed by atoms with van der Waals surface area (Å²) in [5.41, 5.74) is 9.76. The van der Waals surface area contributed by atoms with Crippen molar-refractivity contribution >= 4 is 34.5 Å². The Morgan fingerprint density at radius 1 is 0.769 bits per heavy atom. The Morgan fingerprint density at radius 2 is 1.31 bits per heavy atom. The number of para-hydroxylation sites is 1. The van der Waals surface area contributed by atoms with E-state index in [4.69, 9.17) is 5.73 Å². The van der Waals surface area contributed by atoms with E-state index in [1.165, 1.54) is 0 Å². The van der Waals surface area contributed by atoms with Gasteiger partial charge >= 0.3 is 6.03 Å². The highest BCUT2D eigenvalue weighted by atomic mass is 16.2. The Morgan fingerprint density at radius 3 is 1.88 bits per heavy atom. The van der Waals surface area contributed by atoms with Crippen LogP contribution >= 0.6 is 0 Å². The second-order valence-corrected chi connectivity index (χ2v) is 6.13. The summed E-state index contributed by atoms with van der Waals surface area (Å²) >= 11 is 0. The zero-order valence-electron chi connectivity index (χ0n) is 14.9. The molecule has 0 radical (unpaired) electrons. The maximum atomic E-state index is 13.0. The van der Waals surface area contributed by atoms with Crippen molar-refractivity contribution in [3.63, 3.8) is 0 Å². The van der Waals surface area contributed by atoms with Crippen molar-refractivity contribution in [1.82, 2.24) is 0 Å². The first kappa shape index (κ1) is 17.4. The maximum Gasteiger partial charge on any atom is 0.330 e. The van der Waals surface area contributed by atoms with Crippen LogP contribution in [0.3, 0.4) is 0 Å². The van der Waals surface area contributed by atoms with E-state index in [2.05, 4.69) is 5.32 Å². The molecule has 0 heterocycles. The predicted molar refractivity (Wildman–Crippen MR) is 109 cm³/mol. The van der Waals surface area contributed by atoms with Crippen LogP contribution in [-0.2, 0) is 0 Å².